The van der Waals surface area contributed by atoms with Crippen molar-refractivity contribution in [1.82, 2.24) is 0 Å². The molecule has 30 heavy (non-hydrogen) atoms. The van der Waals surface area contributed by atoms with Gasteiger partial charge >= 0.3 is 11.9 Å². The third kappa shape index (κ3) is 5.19. The van der Waals surface area contributed by atoms with Crippen LogP contribution in [0, 0.1) is 0 Å². The first-order valence-corrected chi connectivity index (χ1v) is 10.3. The maximum atomic E-state index is 13.3. The molecule has 2 saturated heterocycles. The Kier molecular flexibility index (Phi) is 7.84. The predicted octanol–water partition coefficient (Wildman–Crippen LogP) is 1.17. The quantitative estimate of drug-likeness (QED) is 0.521. The second-order valence-electron chi connectivity index (χ2n) is 7.64. The lowest BCUT2D eigenvalue weighted by Gasteiger charge is -2.39. The van der Waals surface area contributed by atoms with Crippen LogP contribution < -0.4 is 5.73 Å². The highest BCUT2D eigenvalue weighted by molar-refractivity contribution is 5.91. The summed E-state index contributed by atoms with van der Waals surface area (Å²) < 4.78 is 27.5. The van der Waals surface area contributed by atoms with Crippen molar-refractivity contribution in [3.63, 3.8) is 0 Å². The Balaban J connectivity index is 1.85. The number of aliphatic carboxylic acids is 1. The van der Waals surface area contributed by atoms with Gasteiger partial charge in [-0.05, 0) is 38.5 Å². The van der Waals surface area contributed by atoms with Crippen molar-refractivity contribution in [3.8, 4) is 0 Å². The van der Waals surface area contributed by atoms with Gasteiger partial charge in [0.25, 0.3) is 0 Å². The van der Waals surface area contributed by atoms with E-state index in [0.717, 1.165) is 32.1 Å². The molecule has 3 unspecified atom stereocenters. The third-order valence-corrected chi connectivity index (χ3v) is 5.53. The summed E-state index contributed by atoms with van der Waals surface area (Å²) in [5.74, 6) is -1.59. The van der Waals surface area contributed by atoms with Crippen LogP contribution in [-0.2, 0) is 33.3 Å². The van der Waals surface area contributed by atoms with Crippen molar-refractivity contribution in [2.24, 2.45) is 5.73 Å². The van der Waals surface area contributed by atoms with Crippen molar-refractivity contribution >= 4 is 11.9 Å². The number of amides is 1. The zero-order chi connectivity index (χ0) is 21.6. The van der Waals surface area contributed by atoms with Crippen molar-refractivity contribution in [2.75, 3.05) is 40.2 Å². The standard InChI is InChI=1S/C20H30N2O8/c1-26-15-10-14(12-29-17-6-2-4-8-27-17)22(11-16(23)24,20(25)19(15)21)13-30-18-7-3-5-9-28-18/h10,17-18H,2-9,11-13,21H2,1H3/p+1. The van der Waals surface area contributed by atoms with Crippen LogP contribution in [0.15, 0.2) is 23.2 Å². The fourth-order valence-corrected chi connectivity index (χ4v) is 3.82. The van der Waals surface area contributed by atoms with E-state index in [1.54, 1.807) is 6.08 Å². The zero-order valence-electron chi connectivity index (χ0n) is 17.3. The third-order valence-electron chi connectivity index (χ3n) is 5.53. The van der Waals surface area contributed by atoms with Gasteiger partial charge in [-0.25, -0.2) is 9.59 Å². The minimum atomic E-state index is -1.16. The second-order valence-corrected chi connectivity index (χ2v) is 7.64. The molecule has 10 heteroatoms. The number of hydrogen-bond acceptors (Lipinski definition) is 8. The number of carbonyl (C=O) groups is 2. The van der Waals surface area contributed by atoms with E-state index >= 15 is 0 Å². The van der Waals surface area contributed by atoms with E-state index in [1.165, 1.54) is 7.11 Å². The lowest BCUT2D eigenvalue weighted by Crippen LogP contribution is -2.60. The van der Waals surface area contributed by atoms with Crippen molar-refractivity contribution in [3.05, 3.63) is 23.2 Å². The Morgan fingerprint density at radius 1 is 1.17 bits per heavy atom. The van der Waals surface area contributed by atoms with Crippen LogP contribution in [-0.4, -0.2) is 74.3 Å². The van der Waals surface area contributed by atoms with Gasteiger partial charge in [0, 0.05) is 19.3 Å². The molecule has 0 saturated carbocycles. The second kappa shape index (κ2) is 10.4. The van der Waals surface area contributed by atoms with Gasteiger partial charge in [0.1, 0.15) is 12.3 Å². The van der Waals surface area contributed by atoms with Crippen LogP contribution >= 0.6 is 0 Å². The predicted molar refractivity (Wildman–Crippen MR) is 103 cm³/mol. The van der Waals surface area contributed by atoms with E-state index in [-0.39, 0.29) is 24.8 Å². The molecule has 0 aromatic heterocycles. The molecular formula is C20H31N2O8+. The maximum absolute atomic E-state index is 13.3. The smallest absolute Gasteiger partial charge is 0.372 e. The summed E-state index contributed by atoms with van der Waals surface area (Å²) in [6.45, 7) is 0.394. The van der Waals surface area contributed by atoms with E-state index < -0.39 is 35.5 Å². The summed E-state index contributed by atoms with van der Waals surface area (Å²) in [5, 5.41) is 9.59. The molecule has 0 aliphatic carbocycles. The highest BCUT2D eigenvalue weighted by Crippen LogP contribution is 2.31. The van der Waals surface area contributed by atoms with Crippen LogP contribution in [0.2, 0.25) is 0 Å². The van der Waals surface area contributed by atoms with Crippen LogP contribution in [0.3, 0.4) is 0 Å². The molecule has 0 radical (unpaired) electrons. The number of nitrogens with two attached hydrogens (primary N) is 1. The molecule has 168 valence electrons. The van der Waals surface area contributed by atoms with Gasteiger partial charge in [0.15, 0.2) is 37.3 Å². The number of methoxy groups -OCH3 is 1. The molecule has 3 atom stereocenters. The number of carboxylic acid groups (broad SMARTS) is 1. The lowest BCUT2D eigenvalue weighted by atomic mass is 10.1. The van der Waals surface area contributed by atoms with E-state index in [4.69, 9.17) is 29.4 Å². The number of ether oxygens (including phenoxy) is 5. The summed E-state index contributed by atoms with van der Waals surface area (Å²) in [4.78, 5) is 25.0. The first-order valence-electron chi connectivity index (χ1n) is 10.3. The van der Waals surface area contributed by atoms with Crippen molar-refractivity contribution in [2.45, 2.75) is 51.1 Å². The number of carboxylic acids is 1. The van der Waals surface area contributed by atoms with Gasteiger partial charge in [-0.1, -0.05) is 0 Å². The fourth-order valence-electron chi connectivity index (χ4n) is 3.82. The Labute approximate surface area is 175 Å². The SMILES string of the molecule is COC1=C(N)C(=O)[N+](COC2CCCCO2)(CC(=O)O)C(COC2CCCCO2)=C1. The normalized spacial score (nSPS) is 30.2. The highest BCUT2D eigenvalue weighted by Gasteiger charge is 2.49. The molecule has 0 aromatic rings. The number of rotatable bonds is 9. The van der Waals surface area contributed by atoms with Crippen LogP contribution in [0.5, 0.6) is 0 Å². The largest absolute Gasteiger partial charge is 0.494 e. The summed E-state index contributed by atoms with van der Waals surface area (Å²) in [6.07, 6.45) is 5.93. The fraction of sp³-hybridized carbons (Fsp3) is 0.700. The van der Waals surface area contributed by atoms with Gasteiger partial charge in [-0.2, -0.15) is 4.48 Å². The summed E-state index contributed by atoms with van der Waals surface area (Å²) >= 11 is 0. The average Bonchev–Trinajstić information content (AvgIpc) is 2.76. The Hall–Kier alpha value is -1.98. The Morgan fingerprint density at radius 2 is 1.80 bits per heavy atom. The molecular weight excluding hydrogens is 396 g/mol. The molecule has 3 aliphatic rings. The Morgan fingerprint density at radius 3 is 2.33 bits per heavy atom. The molecule has 2 fully saturated rings. The summed E-state index contributed by atoms with van der Waals surface area (Å²) in [7, 11) is 1.40. The monoisotopic (exact) mass is 427 g/mol. The van der Waals surface area contributed by atoms with Gasteiger partial charge in [-0.3, -0.25) is 0 Å². The van der Waals surface area contributed by atoms with Gasteiger partial charge in [-0.15, -0.1) is 0 Å². The summed E-state index contributed by atoms with van der Waals surface area (Å²) in [6, 6.07) is 0. The number of nitrogens with zero attached hydrogens (tertiary/aromatic N) is 1. The van der Waals surface area contributed by atoms with Crippen molar-refractivity contribution < 1.29 is 42.9 Å². The number of carbonyl (C=O) groups excluding carboxylic acids is 1. The first kappa shape index (κ1) is 22.7. The first-order chi connectivity index (χ1) is 14.5. The number of quaternary nitrogens is 1. The molecule has 0 bridgehead atoms. The minimum absolute atomic E-state index is 0.0152. The number of allylic oxidation sites excluding steroid dienone is 1. The van der Waals surface area contributed by atoms with E-state index in [1.807, 2.05) is 0 Å². The molecule has 1 amide bonds. The van der Waals surface area contributed by atoms with Gasteiger partial charge in [0.05, 0.1) is 7.11 Å². The molecule has 10 nitrogen and oxygen atoms in total. The molecule has 0 aromatic carbocycles. The minimum Gasteiger partial charge on any atom is -0.494 e. The van der Waals surface area contributed by atoms with E-state index in [9.17, 15) is 14.7 Å². The Bertz CT molecular complexity index is 695. The van der Waals surface area contributed by atoms with E-state index in [0.29, 0.717) is 25.3 Å². The molecule has 3 N–H and O–H groups in total. The number of hydrogen-bond donors (Lipinski definition) is 2. The molecule has 3 heterocycles. The summed E-state index contributed by atoms with van der Waals surface area (Å²) in [5.41, 5.74) is 6.23. The van der Waals surface area contributed by atoms with Gasteiger partial charge < -0.3 is 34.5 Å². The molecule has 0 spiro atoms. The zero-order valence-corrected chi connectivity index (χ0v) is 17.3. The topological polar surface area (TPSA) is 127 Å². The average molecular weight is 427 g/mol. The van der Waals surface area contributed by atoms with Crippen LogP contribution in [0.4, 0.5) is 0 Å². The molecule has 3 rings (SSSR count). The molecule has 3 aliphatic heterocycles. The van der Waals surface area contributed by atoms with Crippen LogP contribution in [0.1, 0.15) is 38.5 Å². The highest BCUT2D eigenvalue weighted by atomic mass is 16.7. The lowest BCUT2D eigenvalue weighted by molar-refractivity contribution is -0.834. The van der Waals surface area contributed by atoms with E-state index in [2.05, 4.69) is 0 Å². The van der Waals surface area contributed by atoms with Crippen molar-refractivity contribution in [1.29, 1.82) is 0 Å². The van der Waals surface area contributed by atoms with Crippen LogP contribution in [0.25, 0.3) is 0 Å². The van der Waals surface area contributed by atoms with Gasteiger partial charge in [0.2, 0.25) is 0 Å². The maximum Gasteiger partial charge on any atom is 0.372 e.